The predicted octanol–water partition coefficient (Wildman–Crippen LogP) is 0.542. The lowest BCUT2D eigenvalue weighted by Gasteiger charge is -2.23. The van der Waals surface area contributed by atoms with Crippen LogP contribution in [-0.4, -0.2) is 48.1 Å². The van der Waals surface area contributed by atoms with E-state index in [1.807, 2.05) is 0 Å². The second kappa shape index (κ2) is 4.57. The number of sulfonamides is 1. The zero-order chi connectivity index (χ0) is 13.6. The molecule has 2 fully saturated rings. The normalized spacial score (nSPS) is 28.5. The van der Waals surface area contributed by atoms with E-state index in [-0.39, 0.29) is 0 Å². The molecule has 2 atom stereocenters. The maximum atomic E-state index is 12.8. The van der Waals surface area contributed by atoms with Crippen LogP contribution in [0.25, 0.3) is 0 Å². The van der Waals surface area contributed by atoms with Gasteiger partial charge in [-0.3, -0.25) is 5.10 Å². The van der Waals surface area contributed by atoms with Gasteiger partial charge in [0.15, 0.2) is 0 Å². The summed E-state index contributed by atoms with van der Waals surface area (Å²) in [6, 6.07) is 0.784. The van der Waals surface area contributed by atoms with E-state index in [2.05, 4.69) is 15.5 Å². The molecule has 106 valence electrons. The fraction of sp³-hybridized carbons (Fsp3) is 0.750. The minimum atomic E-state index is -3.43. The molecule has 2 aliphatic rings. The Hall–Kier alpha value is -0.920. The Bertz CT molecular complexity index is 561. The van der Waals surface area contributed by atoms with E-state index in [0.29, 0.717) is 41.5 Å². The van der Waals surface area contributed by atoms with Crippen molar-refractivity contribution in [3.63, 3.8) is 0 Å². The highest BCUT2D eigenvalue weighted by atomic mass is 32.2. The number of nitrogens with zero attached hydrogens (tertiary/aromatic N) is 2. The third kappa shape index (κ3) is 2.19. The van der Waals surface area contributed by atoms with Gasteiger partial charge in [0.05, 0.1) is 11.4 Å². The van der Waals surface area contributed by atoms with Gasteiger partial charge >= 0.3 is 0 Å². The average Bonchev–Trinajstić information content (AvgIpc) is 2.81. The average molecular weight is 284 g/mol. The lowest BCUT2D eigenvalue weighted by Crippen LogP contribution is -2.39. The molecule has 0 aromatic carbocycles. The third-order valence-electron chi connectivity index (χ3n) is 4.14. The second-order valence-corrected chi connectivity index (χ2v) is 7.43. The van der Waals surface area contributed by atoms with Gasteiger partial charge in [0.1, 0.15) is 4.90 Å². The van der Waals surface area contributed by atoms with Crippen LogP contribution in [0.1, 0.15) is 30.7 Å². The van der Waals surface area contributed by atoms with E-state index in [0.717, 1.165) is 12.8 Å². The number of aromatic nitrogens is 2. The van der Waals surface area contributed by atoms with E-state index < -0.39 is 10.0 Å². The van der Waals surface area contributed by atoms with Crippen molar-refractivity contribution in [1.29, 1.82) is 0 Å². The Morgan fingerprint density at radius 3 is 2.63 bits per heavy atom. The summed E-state index contributed by atoms with van der Waals surface area (Å²) in [5, 5.41) is 10.3. The fourth-order valence-corrected chi connectivity index (χ4v) is 5.01. The summed E-state index contributed by atoms with van der Waals surface area (Å²) >= 11 is 0. The van der Waals surface area contributed by atoms with Gasteiger partial charge in [0.2, 0.25) is 10.0 Å². The number of aryl methyl sites for hydroxylation is 2. The van der Waals surface area contributed by atoms with Gasteiger partial charge in [-0.15, -0.1) is 0 Å². The molecule has 1 aromatic rings. The number of H-pyrrole nitrogens is 1. The molecule has 0 amide bonds. The zero-order valence-electron chi connectivity index (χ0n) is 11.3. The van der Waals surface area contributed by atoms with Crippen LogP contribution in [0.5, 0.6) is 0 Å². The van der Waals surface area contributed by atoms with Crippen LogP contribution < -0.4 is 5.32 Å². The zero-order valence-corrected chi connectivity index (χ0v) is 12.1. The molecule has 2 N–H and O–H groups in total. The van der Waals surface area contributed by atoms with Crippen molar-refractivity contribution in [2.75, 3.05) is 13.1 Å². The van der Waals surface area contributed by atoms with Crippen LogP contribution >= 0.6 is 0 Å². The van der Waals surface area contributed by atoms with E-state index >= 15 is 0 Å². The van der Waals surface area contributed by atoms with Gasteiger partial charge in [-0.2, -0.15) is 9.40 Å². The van der Waals surface area contributed by atoms with Crippen molar-refractivity contribution >= 4 is 10.0 Å². The smallest absolute Gasteiger partial charge is 0.246 e. The largest absolute Gasteiger partial charge is 0.310 e. The van der Waals surface area contributed by atoms with Crippen LogP contribution in [0.2, 0.25) is 0 Å². The molecule has 0 spiro atoms. The molecule has 3 rings (SSSR count). The Balaban J connectivity index is 1.92. The number of hydrogen-bond donors (Lipinski definition) is 2. The molecule has 3 heterocycles. The fourth-order valence-electron chi connectivity index (χ4n) is 3.18. The number of rotatable bonds is 2. The molecule has 19 heavy (non-hydrogen) atoms. The summed E-state index contributed by atoms with van der Waals surface area (Å²) in [7, 11) is -3.43. The first-order valence-corrected chi connectivity index (χ1v) is 8.20. The molecule has 0 aliphatic carbocycles. The number of nitrogens with one attached hydrogen (secondary N) is 2. The summed E-state index contributed by atoms with van der Waals surface area (Å²) in [6.07, 6.45) is 3.13. The number of fused-ring (bicyclic) bond motifs is 2. The van der Waals surface area contributed by atoms with Crippen molar-refractivity contribution in [3.05, 3.63) is 11.4 Å². The van der Waals surface area contributed by atoms with Crippen molar-refractivity contribution in [1.82, 2.24) is 19.8 Å². The molecular weight excluding hydrogens is 264 g/mol. The van der Waals surface area contributed by atoms with E-state index in [9.17, 15) is 8.42 Å². The highest BCUT2D eigenvalue weighted by molar-refractivity contribution is 7.89. The first kappa shape index (κ1) is 13.1. The first-order chi connectivity index (χ1) is 8.98. The summed E-state index contributed by atoms with van der Waals surface area (Å²) in [4.78, 5) is 0.352. The van der Waals surface area contributed by atoms with Crippen LogP contribution in [0, 0.1) is 13.8 Å². The quantitative estimate of drug-likeness (QED) is 0.831. The third-order valence-corrected chi connectivity index (χ3v) is 6.27. The summed E-state index contributed by atoms with van der Waals surface area (Å²) < 4.78 is 27.1. The summed E-state index contributed by atoms with van der Waals surface area (Å²) in [5.74, 6) is 0. The lowest BCUT2D eigenvalue weighted by atomic mass is 10.1. The van der Waals surface area contributed by atoms with E-state index in [1.165, 1.54) is 6.42 Å². The topological polar surface area (TPSA) is 78.1 Å². The van der Waals surface area contributed by atoms with Crippen molar-refractivity contribution in [3.8, 4) is 0 Å². The first-order valence-electron chi connectivity index (χ1n) is 6.76. The molecule has 2 saturated heterocycles. The molecule has 2 aliphatic heterocycles. The van der Waals surface area contributed by atoms with Crippen LogP contribution in [0.3, 0.4) is 0 Å². The molecule has 2 bridgehead atoms. The molecule has 2 unspecified atom stereocenters. The standard InChI is InChI=1S/C12H20N4O2S/c1-8-12(9(2)15-14-8)19(17,18)16-6-5-10-3-4-11(7-16)13-10/h10-11,13H,3-7H2,1-2H3,(H,14,15). The minimum absolute atomic E-state index is 0.301. The molecule has 0 saturated carbocycles. The summed E-state index contributed by atoms with van der Waals surface area (Å²) in [6.45, 7) is 4.66. The highest BCUT2D eigenvalue weighted by Gasteiger charge is 2.36. The minimum Gasteiger partial charge on any atom is -0.310 e. The molecule has 6 nitrogen and oxygen atoms in total. The van der Waals surface area contributed by atoms with Crippen molar-refractivity contribution in [2.45, 2.75) is 50.1 Å². The second-order valence-electron chi connectivity index (χ2n) is 5.55. The molecular formula is C12H20N4O2S. The number of hydrogen-bond acceptors (Lipinski definition) is 4. The SMILES string of the molecule is Cc1n[nH]c(C)c1S(=O)(=O)N1CCC2CCC(C1)N2. The van der Waals surface area contributed by atoms with Gasteiger partial charge in [-0.1, -0.05) is 0 Å². The van der Waals surface area contributed by atoms with Gasteiger partial charge < -0.3 is 5.32 Å². The van der Waals surface area contributed by atoms with Crippen LogP contribution in [0.15, 0.2) is 4.90 Å². The lowest BCUT2D eigenvalue weighted by molar-refractivity contribution is 0.383. The van der Waals surface area contributed by atoms with Crippen molar-refractivity contribution < 1.29 is 8.42 Å². The maximum Gasteiger partial charge on any atom is 0.246 e. The predicted molar refractivity (Wildman–Crippen MR) is 71.4 cm³/mol. The highest BCUT2D eigenvalue weighted by Crippen LogP contribution is 2.27. The van der Waals surface area contributed by atoms with Crippen LogP contribution in [-0.2, 0) is 10.0 Å². The van der Waals surface area contributed by atoms with Gasteiger partial charge in [-0.05, 0) is 33.1 Å². The maximum absolute atomic E-state index is 12.8. The number of aromatic amines is 1. The Labute approximate surface area is 113 Å². The van der Waals surface area contributed by atoms with Gasteiger partial charge in [-0.25, -0.2) is 8.42 Å². The monoisotopic (exact) mass is 284 g/mol. The van der Waals surface area contributed by atoms with Crippen LogP contribution in [0.4, 0.5) is 0 Å². The van der Waals surface area contributed by atoms with Gasteiger partial charge in [0, 0.05) is 25.2 Å². The van der Waals surface area contributed by atoms with Gasteiger partial charge in [0.25, 0.3) is 0 Å². The van der Waals surface area contributed by atoms with E-state index in [4.69, 9.17) is 0 Å². The van der Waals surface area contributed by atoms with E-state index in [1.54, 1.807) is 18.2 Å². The molecule has 1 aromatic heterocycles. The molecule has 7 heteroatoms. The Morgan fingerprint density at radius 1 is 1.21 bits per heavy atom. The summed E-state index contributed by atoms with van der Waals surface area (Å²) in [5.41, 5.74) is 1.18. The Kier molecular flexibility index (Phi) is 3.15. The Morgan fingerprint density at radius 2 is 1.95 bits per heavy atom. The molecule has 0 radical (unpaired) electrons. The van der Waals surface area contributed by atoms with Crippen molar-refractivity contribution in [2.24, 2.45) is 0 Å².